The predicted octanol–water partition coefficient (Wildman–Crippen LogP) is 15.9. The van der Waals surface area contributed by atoms with Crippen molar-refractivity contribution in [3.63, 3.8) is 0 Å². The first-order chi connectivity index (χ1) is 31.7. The molecule has 0 aliphatic rings. The molecule has 0 aliphatic heterocycles. The third-order valence-corrected chi connectivity index (χ3v) is 12.1. The van der Waals surface area contributed by atoms with Gasteiger partial charge in [-0.25, -0.2) is 15.0 Å². The molecule has 0 aliphatic carbocycles. The highest BCUT2D eigenvalue weighted by Crippen LogP contribution is 2.46. The van der Waals surface area contributed by atoms with E-state index in [9.17, 15) is 0 Å². The Morgan fingerprint density at radius 3 is 1.78 bits per heavy atom. The maximum atomic E-state index is 5.55. The number of benzene rings is 8. The predicted molar refractivity (Wildman–Crippen MR) is 270 cm³/mol. The Hall–Kier alpha value is -8.47. The first-order valence-corrected chi connectivity index (χ1v) is 21.7. The van der Waals surface area contributed by atoms with E-state index >= 15 is 0 Å². The van der Waals surface area contributed by atoms with Crippen LogP contribution in [-0.4, -0.2) is 19.5 Å². The van der Waals surface area contributed by atoms with E-state index in [1.807, 2.05) is 31.2 Å². The summed E-state index contributed by atoms with van der Waals surface area (Å²) in [5, 5.41) is 5.64. The lowest BCUT2D eigenvalue weighted by Crippen LogP contribution is -1.97. The largest absolute Gasteiger partial charge is 0.309 e. The minimum atomic E-state index is 0.669. The number of hydrogen-bond donors (Lipinski definition) is 0. The Morgan fingerprint density at radius 2 is 1.06 bits per heavy atom. The maximum absolute atomic E-state index is 5.55. The highest BCUT2D eigenvalue weighted by molar-refractivity contribution is 6.24. The van der Waals surface area contributed by atoms with Crippen LogP contribution in [0.25, 0.3) is 117 Å². The van der Waals surface area contributed by atoms with E-state index in [2.05, 4.69) is 211 Å². The van der Waals surface area contributed by atoms with Gasteiger partial charge in [0.1, 0.15) is 0 Å². The molecule has 4 nitrogen and oxygen atoms in total. The summed E-state index contributed by atoms with van der Waals surface area (Å²) < 4.78 is 2.34. The lowest BCUT2D eigenvalue weighted by molar-refractivity contribution is 1.18. The molecule has 0 saturated carbocycles. The monoisotopic (exact) mass is 818 g/mol. The van der Waals surface area contributed by atoms with Gasteiger partial charge in [0.05, 0.1) is 33.6 Å². The van der Waals surface area contributed by atoms with Crippen LogP contribution < -0.4 is 0 Å². The first kappa shape index (κ1) is 38.5. The molecule has 0 bridgehead atoms. The molecule has 0 spiro atoms. The Kier molecular flexibility index (Phi) is 9.87. The third kappa shape index (κ3) is 6.79. The number of fused-ring (bicyclic) bond motifs is 6. The lowest BCUT2D eigenvalue weighted by Gasteiger charge is -2.17. The van der Waals surface area contributed by atoms with Gasteiger partial charge >= 0.3 is 0 Å². The summed E-state index contributed by atoms with van der Waals surface area (Å²) in [5.74, 6) is 0.669. The van der Waals surface area contributed by atoms with Gasteiger partial charge in [-0.2, -0.15) is 0 Å². The van der Waals surface area contributed by atoms with Gasteiger partial charge in [0.15, 0.2) is 5.82 Å². The van der Waals surface area contributed by atoms with E-state index in [-0.39, 0.29) is 0 Å². The molecule has 0 fully saturated rings. The van der Waals surface area contributed by atoms with Crippen LogP contribution in [0.1, 0.15) is 6.92 Å². The zero-order chi connectivity index (χ0) is 43.0. The molecular formula is C60H42N4. The van der Waals surface area contributed by atoms with Crippen LogP contribution in [0.3, 0.4) is 0 Å². The highest BCUT2D eigenvalue weighted by Gasteiger charge is 2.23. The van der Waals surface area contributed by atoms with E-state index < -0.39 is 0 Å². The Morgan fingerprint density at radius 1 is 0.500 bits per heavy atom. The molecule has 8 aromatic carbocycles. The van der Waals surface area contributed by atoms with Crippen molar-refractivity contribution in [2.45, 2.75) is 6.92 Å². The Balaban J connectivity index is 1.10. The van der Waals surface area contributed by atoms with Crippen LogP contribution in [0.15, 0.2) is 231 Å². The molecule has 0 saturated heterocycles. The highest BCUT2D eigenvalue weighted by atomic mass is 15.0. The van der Waals surface area contributed by atoms with Gasteiger partial charge in [0.25, 0.3) is 0 Å². The lowest BCUT2D eigenvalue weighted by atomic mass is 9.89. The van der Waals surface area contributed by atoms with Gasteiger partial charge in [0.2, 0.25) is 0 Å². The van der Waals surface area contributed by atoms with E-state index in [1.165, 1.54) is 11.1 Å². The van der Waals surface area contributed by atoms with Crippen LogP contribution in [0, 0.1) is 0 Å². The van der Waals surface area contributed by atoms with Gasteiger partial charge < -0.3 is 4.57 Å². The summed E-state index contributed by atoms with van der Waals surface area (Å²) in [6.07, 6.45) is 8.18. The summed E-state index contributed by atoms with van der Waals surface area (Å²) in [6.45, 7) is 6.30. The van der Waals surface area contributed by atoms with E-state index in [0.29, 0.717) is 5.82 Å². The fourth-order valence-corrected chi connectivity index (χ4v) is 9.09. The second-order valence-corrected chi connectivity index (χ2v) is 15.9. The number of pyridine rings is 1. The molecule has 302 valence electrons. The van der Waals surface area contributed by atoms with Crippen LogP contribution >= 0.6 is 0 Å². The van der Waals surface area contributed by atoms with Gasteiger partial charge in [-0.3, -0.25) is 0 Å². The van der Waals surface area contributed by atoms with Gasteiger partial charge in [-0.05, 0) is 70.3 Å². The Labute approximate surface area is 372 Å². The van der Waals surface area contributed by atoms with Gasteiger partial charge in [0, 0.05) is 44.1 Å². The average Bonchev–Trinajstić information content (AvgIpc) is 3.72. The Bertz CT molecular complexity index is 3600. The molecule has 3 heterocycles. The quantitative estimate of drug-likeness (QED) is 0.136. The van der Waals surface area contributed by atoms with Crippen LogP contribution in [0.2, 0.25) is 0 Å². The van der Waals surface area contributed by atoms with Crippen molar-refractivity contribution in [3.8, 4) is 67.4 Å². The summed E-state index contributed by atoms with van der Waals surface area (Å²) in [5.41, 5.74) is 15.4. The number of hydrogen-bond acceptors (Lipinski definition) is 3. The van der Waals surface area contributed by atoms with Crippen molar-refractivity contribution in [2.24, 2.45) is 0 Å². The molecular weight excluding hydrogens is 777 g/mol. The van der Waals surface area contributed by atoms with Crippen molar-refractivity contribution in [1.82, 2.24) is 19.5 Å². The number of rotatable bonds is 9. The average molecular weight is 819 g/mol. The zero-order valence-corrected chi connectivity index (χ0v) is 35.4. The first-order valence-electron chi connectivity index (χ1n) is 21.7. The van der Waals surface area contributed by atoms with E-state index in [4.69, 9.17) is 15.0 Å². The molecule has 0 atom stereocenters. The minimum absolute atomic E-state index is 0.669. The third-order valence-electron chi connectivity index (χ3n) is 12.1. The number of allylic oxidation sites excluding steroid dienone is 5. The zero-order valence-electron chi connectivity index (χ0n) is 35.4. The summed E-state index contributed by atoms with van der Waals surface area (Å²) in [7, 11) is 0. The van der Waals surface area contributed by atoms with Crippen molar-refractivity contribution in [1.29, 1.82) is 0 Å². The summed E-state index contributed by atoms with van der Waals surface area (Å²) in [4.78, 5) is 15.9. The fraction of sp³-hybridized carbons (Fsp3) is 0.0167. The second kappa shape index (κ2) is 16.4. The number of para-hydroxylation sites is 2. The minimum Gasteiger partial charge on any atom is -0.309 e. The molecule has 0 N–H and O–H groups in total. The summed E-state index contributed by atoms with van der Waals surface area (Å²) in [6, 6.07) is 70.5. The van der Waals surface area contributed by atoms with Crippen LogP contribution in [0.4, 0.5) is 0 Å². The molecule has 64 heavy (non-hydrogen) atoms. The van der Waals surface area contributed by atoms with Gasteiger partial charge in [-0.15, -0.1) is 0 Å². The van der Waals surface area contributed by atoms with Gasteiger partial charge in [-0.1, -0.05) is 201 Å². The normalized spacial score (nSPS) is 11.9. The van der Waals surface area contributed by atoms with Crippen molar-refractivity contribution >= 4 is 49.2 Å². The molecule has 11 aromatic rings. The van der Waals surface area contributed by atoms with E-state index in [1.54, 1.807) is 0 Å². The molecule has 4 heteroatoms. The smallest absolute Gasteiger partial charge is 0.160 e. The molecule has 0 unspecified atom stereocenters. The molecule has 3 aromatic heterocycles. The van der Waals surface area contributed by atoms with Crippen molar-refractivity contribution < 1.29 is 0 Å². The van der Waals surface area contributed by atoms with Crippen molar-refractivity contribution in [3.05, 3.63) is 231 Å². The second-order valence-electron chi connectivity index (χ2n) is 15.9. The maximum Gasteiger partial charge on any atom is 0.160 e. The molecule has 11 rings (SSSR count). The van der Waals surface area contributed by atoms with Crippen molar-refractivity contribution in [2.75, 3.05) is 0 Å². The molecule has 0 radical (unpaired) electrons. The fourth-order valence-electron chi connectivity index (χ4n) is 9.09. The van der Waals surface area contributed by atoms with Crippen LogP contribution in [-0.2, 0) is 0 Å². The SMILES string of the molecule is C=C/C(=C\C=C/C)n1c2ccccc2c2c(-c3ccc4ccccc4c3-c3ccc(-c4nc(-c5ccccc5)cc(-c5ccc(-c6ccccc6)cc5)n4)cc3)nc3ccccc3c21. The number of nitrogens with zero attached hydrogens (tertiary/aromatic N) is 4. The molecule has 0 amide bonds. The standard InChI is InChI=1S/C60H42N4/c1-3-5-23-47(4-2)64-55-28-17-15-26-50(55)57-58(61-52-27-16-14-25-49(52)59(57)64)51-38-37-42-20-12-13-24-48(42)56(51)45-33-35-46(36-34-45)60-62-53(43-21-10-7-11-22-43)39-54(63-60)44-31-29-41(30-32-44)40-18-8-6-9-19-40/h3-39H,2H2,1H3/b5-3-,47-23+. The number of aromatic nitrogens is 4. The van der Waals surface area contributed by atoms with Crippen LogP contribution in [0.5, 0.6) is 0 Å². The van der Waals surface area contributed by atoms with E-state index in [0.717, 1.165) is 99.6 Å². The topological polar surface area (TPSA) is 43.6 Å². The summed E-state index contributed by atoms with van der Waals surface area (Å²) >= 11 is 0.